The first kappa shape index (κ1) is 14.1. The lowest BCUT2D eigenvalue weighted by Crippen LogP contribution is -2.33. The van der Waals surface area contributed by atoms with Gasteiger partial charge in [-0.1, -0.05) is 19.1 Å². The van der Waals surface area contributed by atoms with Crippen LogP contribution in [-0.4, -0.2) is 31.6 Å². The van der Waals surface area contributed by atoms with E-state index in [2.05, 4.69) is 11.8 Å². The summed E-state index contributed by atoms with van der Waals surface area (Å²) in [6.45, 7) is 6.69. The number of ether oxygens (including phenoxy) is 1. The van der Waals surface area contributed by atoms with Crippen molar-refractivity contribution >= 4 is 11.5 Å². The highest BCUT2D eigenvalue weighted by Crippen LogP contribution is 2.24. The normalized spacial score (nSPS) is 18.5. The quantitative estimate of drug-likeness (QED) is 0.736. The van der Waals surface area contributed by atoms with Gasteiger partial charge < -0.3 is 9.64 Å². The Labute approximate surface area is 115 Å². The molecule has 0 N–H and O–H groups in total. The fraction of sp³-hybridized carbons (Fsp3) is 0.562. The van der Waals surface area contributed by atoms with E-state index >= 15 is 0 Å². The van der Waals surface area contributed by atoms with Crippen molar-refractivity contribution < 1.29 is 9.53 Å². The molecular formula is C16H23NO2. The third-order valence-electron chi connectivity index (χ3n) is 3.70. The summed E-state index contributed by atoms with van der Waals surface area (Å²) in [5.41, 5.74) is 1.89. The lowest BCUT2D eigenvalue weighted by atomic mass is 10.1. The van der Waals surface area contributed by atoms with Gasteiger partial charge in [0.15, 0.2) is 5.78 Å². The third-order valence-corrected chi connectivity index (χ3v) is 3.70. The number of carbonyl (C=O) groups excluding carboxylic acids is 1. The fourth-order valence-electron chi connectivity index (χ4n) is 2.61. The number of rotatable bonds is 6. The molecule has 1 aliphatic heterocycles. The highest BCUT2D eigenvalue weighted by molar-refractivity contribution is 6.01. The average Bonchev–Trinajstić information content (AvgIpc) is 2.97. The van der Waals surface area contributed by atoms with E-state index in [0.29, 0.717) is 12.5 Å². The van der Waals surface area contributed by atoms with E-state index in [0.717, 1.165) is 43.8 Å². The van der Waals surface area contributed by atoms with Crippen LogP contribution in [-0.2, 0) is 4.74 Å². The SMILES string of the molecule is CCC(=O)c1ccccc1N(CC)CC1CCCO1. The molecule has 1 fully saturated rings. The first-order valence-electron chi connectivity index (χ1n) is 7.25. The summed E-state index contributed by atoms with van der Waals surface area (Å²) in [5, 5.41) is 0. The van der Waals surface area contributed by atoms with E-state index in [-0.39, 0.29) is 5.78 Å². The molecule has 1 heterocycles. The summed E-state index contributed by atoms with van der Waals surface area (Å²) in [6, 6.07) is 7.91. The van der Waals surface area contributed by atoms with Crippen molar-refractivity contribution in [2.75, 3.05) is 24.6 Å². The van der Waals surface area contributed by atoms with Crippen LogP contribution < -0.4 is 4.90 Å². The smallest absolute Gasteiger partial charge is 0.164 e. The minimum Gasteiger partial charge on any atom is -0.376 e. The van der Waals surface area contributed by atoms with Gasteiger partial charge in [-0.25, -0.2) is 0 Å². The number of carbonyl (C=O) groups is 1. The zero-order chi connectivity index (χ0) is 13.7. The summed E-state index contributed by atoms with van der Waals surface area (Å²) in [6.07, 6.45) is 3.14. The largest absolute Gasteiger partial charge is 0.376 e. The fourth-order valence-corrected chi connectivity index (χ4v) is 2.61. The second kappa shape index (κ2) is 6.71. The summed E-state index contributed by atoms with van der Waals surface area (Å²) in [4.78, 5) is 14.3. The Hall–Kier alpha value is -1.35. The highest BCUT2D eigenvalue weighted by Gasteiger charge is 2.21. The summed E-state index contributed by atoms with van der Waals surface area (Å²) in [7, 11) is 0. The highest BCUT2D eigenvalue weighted by atomic mass is 16.5. The summed E-state index contributed by atoms with van der Waals surface area (Å²) in [5.74, 6) is 0.210. The molecule has 0 aromatic heterocycles. The number of Topliss-reactive ketones (excluding diaryl/α,β-unsaturated/α-hetero) is 1. The van der Waals surface area contributed by atoms with Gasteiger partial charge in [0.05, 0.1) is 6.10 Å². The van der Waals surface area contributed by atoms with Gasteiger partial charge in [-0.2, -0.15) is 0 Å². The van der Waals surface area contributed by atoms with Gasteiger partial charge >= 0.3 is 0 Å². The van der Waals surface area contributed by atoms with Crippen molar-refractivity contribution in [2.24, 2.45) is 0 Å². The van der Waals surface area contributed by atoms with Gasteiger partial charge in [0.25, 0.3) is 0 Å². The molecule has 0 bridgehead atoms. The molecule has 1 unspecified atom stereocenters. The lowest BCUT2D eigenvalue weighted by Gasteiger charge is -2.27. The standard InChI is InChI=1S/C16H23NO2/c1-3-16(18)14-9-5-6-10-15(14)17(4-2)12-13-8-7-11-19-13/h5-6,9-10,13H,3-4,7-8,11-12H2,1-2H3. The molecule has 104 valence electrons. The molecule has 0 amide bonds. The van der Waals surface area contributed by atoms with E-state index in [1.54, 1.807) is 0 Å². The zero-order valence-electron chi connectivity index (χ0n) is 11.9. The first-order chi connectivity index (χ1) is 9.26. The zero-order valence-corrected chi connectivity index (χ0v) is 11.9. The number of benzene rings is 1. The lowest BCUT2D eigenvalue weighted by molar-refractivity contribution is 0.0987. The van der Waals surface area contributed by atoms with Crippen LogP contribution in [0.2, 0.25) is 0 Å². The van der Waals surface area contributed by atoms with Gasteiger partial charge in [0, 0.05) is 37.4 Å². The van der Waals surface area contributed by atoms with Gasteiger partial charge in [-0.3, -0.25) is 4.79 Å². The molecule has 1 aromatic rings. The average molecular weight is 261 g/mol. The molecule has 1 saturated heterocycles. The third kappa shape index (κ3) is 3.35. The van der Waals surface area contributed by atoms with Gasteiger partial charge in [-0.05, 0) is 31.9 Å². The summed E-state index contributed by atoms with van der Waals surface area (Å²) >= 11 is 0. The van der Waals surface area contributed by atoms with Crippen LogP contribution >= 0.6 is 0 Å². The Morgan fingerprint density at radius 2 is 2.16 bits per heavy atom. The molecule has 2 rings (SSSR count). The maximum Gasteiger partial charge on any atom is 0.164 e. The van der Waals surface area contributed by atoms with Crippen molar-refractivity contribution in [1.29, 1.82) is 0 Å². The molecule has 3 heteroatoms. The maximum atomic E-state index is 12.0. The van der Waals surface area contributed by atoms with Crippen LogP contribution in [0.25, 0.3) is 0 Å². The number of hydrogen-bond acceptors (Lipinski definition) is 3. The predicted octanol–water partition coefficient (Wildman–Crippen LogP) is 3.28. The molecule has 19 heavy (non-hydrogen) atoms. The van der Waals surface area contributed by atoms with Crippen LogP contribution in [0.3, 0.4) is 0 Å². The molecular weight excluding hydrogens is 238 g/mol. The van der Waals surface area contributed by atoms with Gasteiger partial charge in [-0.15, -0.1) is 0 Å². The Balaban J connectivity index is 2.19. The van der Waals surface area contributed by atoms with Gasteiger partial charge in [0.1, 0.15) is 0 Å². The Bertz CT molecular complexity index is 425. The minimum absolute atomic E-state index is 0.210. The molecule has 0 aliphatic carbocycles. The predicted molar refractivity (Wildman–Crippen MR) is 77.9 cm³/mol. The second-order valence-electron chi connectivity index (χ2n) is 4.97. The van der Waals surface area contributed by atoms with E-state index in [1.165, 1.54) is 0 Å². The number of para-hydroxylation sites is 1. The van der Waals surface area contributed by atoms with E-state index < -0.39 is 0 Å². The van der Waals surface area contributed by atoms with Crippen LogP contribution in [0, 0.1) is 0 Å². The van der Waals surface area contributed by atoms with Crippen LogP contribution in [0.4, 0.5) is 5.69 Å². The number of anilines is 1. The number of nitrogens with zero attached hydrogens (tertiary/aromatic N) is 1. The van der Waals surface area contributed by atoms with E-state index in [1.807, 2.05) is 31.2 Å². The van der Waals surface area contributed by atoms with Crippen LogP contribution in [0.5, 0.6) is 0 Å². The molecule has 3 nitrogen and oxygen atoms in total. The maximum absolute atomic E-state index is 12.0. The second-order valence-corrected chi connectivity index (χ2v) is 4.97. The van der Waals surface area contributed by atoms with Crippen molar-refractivity contribution in [3.05, 3.63) is 29.8 Å². The van der Waals surface area contributed by atoms with Crippen molar-refractivity contribution in [3.8, 4) is 0 Å². The van der Waals surface area contributed by atoms with Gasteiger partial charge in [0.2, 0.25) is 0 Å². The van der Waals surface area contributed by atoms with E-state index in [9.17, 15) is 4.79 Å². The number of likely N-dealkylation sites (N-methyl/N-ethyl adjacent to an activating group) is 1. The molecule has 1 aliphatic rings. The molecule has 1 atom stereocenters. The minimum atomic E-state index is 0.210. The molecule has 0 spiro atoms. The molecule has 0 saturated carbocycles. The van der Waals surface area contributed by atoms with Crippen molar-refractivity contribution in [1.82, 2.24) is 0 Å². The number of hydrogen-bond donors (Lipinski definition) is 0. The molecule has 1 aromatic carbocycles. The monoisotopic (exact) mass is 261 g/mol. The van der Waals surface area contributed by atoms with Crippen molar-refractivity contribution in [3.63, 3.8) is 0 Å². The topological polar surface area (TPSA) is 29.5 Å². The first-order valence-corrected chi connectivity index (χ1v) is 7.25. The Kier molecular flexibility index (Phi) is 4.97. The van der Waals surface area contributed by atoms with E-state index in [4.69, 9.17) is 4.74 Å². The molecule has 0 radical (unpaired) electrons. The number of ketones is 1. The van der Waals surface area contributed by atoms with Crippen molar-refractivity contribution in [2.45, 2.75) is 39.2 Å². The summed E-state index contributed by atoms with van der Waals surface area (Å²) < 4.78 is 5.71. The Morgan fingerprint density at radius 3 is 2.79 bits per heavy atom. The Morgan fingerprint density at radius 1 is 1.37 bits per heavy atom. The van der Waals surface area contributed by atoms with Crippen LogP contribution in [0.1, 0.15) is 43.5 Å². The van der Waals surface area contributed by atoms with Crippen LogP contribution in [0.15, 0.2) is 24.3 Å².